The van der Waals surface area contributed by atoms with Crippen molar-refractivity contribution in [1.29, 1.82) is 0 Å². The van der Waals surface area contributed by atoms with Crippen LogP contribution in [0.2, 0.25) is 0 Å². The lowest BCUT2D eigenvalue weighted by Crippen LogP contribution is -2.50. The highest BCUT2D eigenvalue weighted by Crippen LogP contribution is 2.16. The molecule has 2 aliphatic heterocycles. The predicted molar refractivity (Wildman–Crippen MR) is 132 cm³/mol. The van der Waals surface area contributed by atoms with Crippen LogP contribution in [-0.4, -0.2) is 93.4 Å². The first-order chi connectivity index (χ1) is 14.5. The van der Waals surface area contributed by atoms with Crippen LogP contribution < -0.4 is 10.6 Å². The fraction of sp³-hybridized carbons (Fsp3) is 0.857. The van der Waals surface area contributed by atoms with Crippen LogP contribution in [0.3, 0.4) is 0 Å². The maximum Gasteiger partial charge on any atom is 0.409 e. The van der Waals surface area contributed by atoms with Crippen LogP contribution in [0.15, 0.2) is 4.99 Å². The fourth-order valence-electron chi connectivity index (χ4n) is 3.63. The van der Waals surface area contributed by atoms with Gasteiger partial charge in [-0.15, -0.1) is 24.0 Å². The molecule has 1 unspecified atom stereocenters. The number of carbonyl (C=O) groups excluding carboxylic acids is 2. The summed E-state index contributed by atoms with van der Waals surface area (Å²) >= 11 is 0. The number of likely N-dealkylation sites (N-methyl/N-ethyl adjacent to an activating group) is 1. The Morgan fingerprint density at radius 3 is 2.55 bits per heavy atom. The first-order valence-corrected chi connectivity index (χ1v) is 11.3. The minimum absolute atomic E-state index is 0. The van der Waals surface area contributed by atoms with Gasteiger partial charge in [0.15, 0.2) is 5.96 Å². The Balaban J connectivity index is 0.00000480. The van der Waals surface area contributed by atoms with Crippen molar-refractivity contribution >= 4 is 41.9 Å². The minimum atomic E-state index is -0.246. The number of aliphatic imine (C=N–C) groups is 1. The van der Waals surface area contributed by atoms with Crippen molar-refractivity contribution in [3.8, 4) is 0 Å². The molecule has 2 amide bonds. The molecule has 0 radical (unpaired) electrons. The number of carbonyl (C=O) groups is 2. The van der Waals surface area contributed by atoms with Gasteiger partial charge in [0.1, 0.15) is 6.54 Å². The third-order valence-corrected chi connectivity index (χ3v) is 5.50. The average Bonchev–Trinajstić information content (AvgIpc) is 2.75. The van der Waals surface area contributed by atoms with Gasteiger partial charge >= 0.3 is 6.09 Å². The molecule has 2 N–H and O–H groups in total. The van der Waals surface area contributed by atoms with E-state index in [1.54, 1.807) is 23.9 Å². The largest absolute Gasteiger partial charge is 0.450 e. The molecule has 0 aromatic rings. The number of hydrogen-bond donors (Lipinski definition) is 2. The van der Waals surface area contributed by atoms with Crippen LogP contribution in [0.1, 0.15) is 51.9 Å². The number of piperidine rings is 1. The smallest absolute Gasteiger partial charge is 0.409 e. The fourth-order valence-corrected chi connectivity index (χ4v) is 3.63. The molecular weight excluding hydrogens is 513 g/mol. The van der Waals surface area contributed by atoms with Gasteiger partial charge in [-0.05, 0) is 51.9 Å². The van der Waals surface area contributed by atoms with Gasteiger partial charge in [-0.2, -0.15) is 0 Å². The molecule has 2 saturated heterocycles. The number of ether oxygens (including phenoxy) is 2. The van der Waals surface area contributed by atoms with Crippen LogP contribution in [0.4, 0.5) is 4.79 Å². The monoisotopic (exact) mass is 553 g/mol. The van der Waals surface area contributed by atoms with Crippen molar-refractivity contribution in [3.05, 3.63) is 0 Å². The molecule has 10 heteroatoms. The van der Waals surface area contributed by atoms with Crippen molar-refractivity contribution in [3.63, 3.8) is 0 Å². The highest BCUT2D eigenvalue weighted by molar-refractivity contribution is 14.0. The van der Waals surface area contributed by atoms with E-state index in [-0.39, 0.29) is 48.6 Å². The quantitative estimate of drug-likeness (QED) is 0.207. The summed E-state index contributed by atoms with van der Waals surface area (Å²) in [6, 6.07) is 0.207. The first-order valence-electron chi connectivity index (χ1n) is 11.3. The zero-order valence-corrected chi connectivity index (χ0v) is 21.6. The van der Waals surface area contributed by atoms with Crippen molar-refractivity contribution in [1.82, 2.24) is 20.4 Å². The molecule has 1 atom stereocenters. The van der Waals surface area contributed by atoms with E-state index in [9.17, 15) is 9.59 Å². The number of amides is 2. The van der Waals surface area contributed by atoms with Crippen LogP contribution in [0, 0.1) is 0 Å². The third kappa shape index (κ3) is 10.7. The van der Waals surface area contributed by atoms with E-state index in [0.29, 0.717) is 31.8 Å². The second-order valence-electron chi connectivity index (χ2n) is 8.12. The zero-order chi connectivity index (χ0) is 21.8. The van der Waals surface area contributed by atoms with Crippen LogP contribution in [-0.2, 0) is 14.3 Å². The van der Waals surface area contributed by atoms with Crippen molar-refractivity contribution in [2.24, 2.45) is 4.99 Å². The summed E-state index contributed by atoms with van der Waals surface area (Å²) in [7, 11) is 3.46. The number of hydrogen-bond acceptors (Lipinski definition) is 5. The Kier molecular flexibility index (Phi) is 13.9. The van der Waals surface area contributed by atoms with E-state index in [0.717, 1.165) is 45.3 Å². The minimum Gasteiger partial charge on any atom is -0.450 e. The summed E-state index contributed by atoms with van der Waals surface area (Å²) in [5.41, 5.74) is 0. The standard InChI is InChI=1S/C21H39N5O4.HI/c1-4-29-21(28)26-13-10-17(11-14-26)24-20(23-16-19(27)25(2)3)22-12-7-9-18-8-5-6-15-30-18;/h17-18H,4-16H2,1-3H3,(H2,22,23,24);1H. The summed E-state index contributed by atoms with van der Waals surface area (Å²) in [5, 5.41) is 6.80. The predicted octanol–water partition coefficient (Wildman–Crippen LogP) is 2.20. The molecule has 0 aliphatic carbocycles. The Bertz CT molecular complexity index is 562. The molecule has 2 aliphatic rings. The molecule has 9 nitrogen and oxygen atoms in total. The summed E-state index contributed by atoms with van der Waals surface area (Å²) < 4.78 is 10.9. The number of rotatable bonds is 8. The third-order valence-electron chi connectivity index (χ3n) is 5.50. The molecule has 0 spiro atoms. The van der Waals surface area contributed by atoms with Crippen molar-refractivity contribution in [2.45, 2.75) is 64.0 Å². The van der Waals surface area contributed by atoms with Gasteiger partial charge in [-0.1, -0.05) is 0 Å². The van der Waals surface area contributed by atoms with Gasteiger partial charge in [0.05, 0.1) is 12.7 Å². The topological polar surface area (TPSA) is 95.5 Å². The van der Waals surface area contributed by atoms with Gasteiger partial charge in [0.2, 0.25) is 5.91 Å². The maximum atomic E-state index is 11.9. The molecular formula is C21H40IN5O4. The molecule has 0 aromatic heterocycles. The Labute approximate surface area is 203 Å². The Morgan fingerprint density at radius 1 is 1.19 bits per heavy atom. The summed E-state index contributed by atoms with van der Waals surface area (Å²) in [6.07, 6.45) is 7.36. The van der Waals surface area contributed by atoms with E-state index in [4.69, 9.17) is 9.47 Å². The molecule has 2 fully saturated rings. The van der Waals surface area contributed by atoms with E-state index >= 15 is 0 Å². The molecule has 0 aromatic carbocycles. The molecule has 2 heterocycles. The van der Waals surface area contributed by atoms with E-state index in [1.165, 1.54) is 12.8 Å². The van der Waals surface area contributed by atoms with Crippen LogP contribution >= 0.6 is 24.0 Å². The van der Waals surface area contributed by atoms with E-state index in [2.05, 4.69) is 15.6 Å². The summed E-state index contributed by atoms with van der Waals surface area (Å²) in [6.45, 7) is 5.28. The summed E-state index contributed by atoms with van der Waals surface area (Å²) in [5.74, 6) is 0.619. The molecule has 180 valence electrons. The lowest BCUT2D eigenvalue weighted by atomic mass is 10.0. The number of likely N-dealkylation sites (tertiary alicyclic amines) is 1. The Hall–Kier alpha value is -1.30. The van der Waals surface area contributed by atoms with E-state index in [1.807, 2.05) is 6.92 Å². The highest BCUT2D eigenvalue weighted by atomic mass is 127. The lowest BCUT2D eigenvalue weighted by molar-refractivity contribution is -0.127. The van der Waals surface area contributed by atoms with Gasteiger partial charge in [0, 0.05) is 46.4 Å². The van der Waals surface area contributed by atoms with Gasteiger partial charge in [0.25, 0.3) is 0 Å². The summed E-state index contributed by atoms with van der Waals surface area (Å²) in [4.78, 5) is 31.6. The van der Waals surface area contributed by atoms with Gasteiger partial charge in [-0.25, -0.2) is 9.79 Å². The molecule has 2 rings (SSSR count). The lowest BCUT2D eigenvalue weighted by Gasteiger charge is -2.32. The second-order valence-corrected chi connectivity index (χ2v) is 8.12. The van der Waals surface area contributed by atoms with Gasteiger partial charge < -0.3 is 29.9 Å². The van der Waals surface area contributed by atoms with E-state index < -0.39 is 0 Å². The maximum absolute atomic E-state index is 11.9. The second kappa shape index (κ2) is 15.5. The Morgan fingerprint density at radius 2 is 1.94 bits per heavy atom. The number of nitrogens with zero attached hydrogens (tertiary/aromatic N) is 3. The van der Waals surface area contributed by atoms with Crippen LogP contribution in [0.5, 0.6) is 0 Å². The van der Waals surface area contributed by atoms with Gasteiger partial charge in [-0.3, -0.25) is 4.79 Å². The molecule has 0 bridgehead atoms. The zero-order valence-electron chi connectivity index (χ0n) is 19.2. The number of halogens is 1. The molecule has 0 saturated carbocycles. The normalized spacial score (nSPS) is 19.9. The van der Waals surface area contributed by atoms with Crippen molar-refractivity contribution in [2.75, 3.05) is 53.5 Å². The van der Waals surface area contributed by atoms with Crippen molar-refractivity contribution < 1.29 is 19.1 Å². The SMILES string of the molecule is CCOC(=O)N1CCC(NC(=NCC(=O)N(C)C)NCCCC2CCCCO2)CC1.I. The highest BCUT2D eigenvalue weighted by Gasteiger charge is 2.24. The average molecular weight is 553 g/mol. The van der Waals surface area contributed by atoms with Crippen LogP contribution in [0.25, 0.3) is 0 Å². The molecule has 31 heavy (non-hydrogen) atoms. The number of nitrogens with one attached hydrogen (secondary N) is 2. The first kappa shape index (κ1) is 27.7. The number of guanidine groups is 1.